The first-order chi connectivity index (χ1) is 7.50. The van der Waals surface area contributed by atoms with Crippen molar-refractivity contribution in [1.29, 1.82) is 0 Å². The molecule has 0 unspecified atom stereocenters. The minimum absolute atomic E-state index is 0.870. The Kier molecular flexibility index (Phi) is 2.84. The first-order valence-electron chi connectivity index (χ1n) is 5.16. The van der Waals surface area contributed by atoms with Crippen LogP contribution in [-0.2, 0) is 0 Å². The molecule has 2 aromatic heterocycles. The van der Waals surface area contributed by atoms with Crippen molar-refractivity contribution in [3.63, 3.8) is 0 Å². The monoisotopic (exact) mass is 279 g/mol. The average molecular weight is 280 g/mol. The summed E-state index contributed by atoms with van der Waals surface area (Å²) in [7, 11) is 0. The van der Waals surface area contributed by atoms with E-state index in [1.54, 1.807) is 0 Å². The molecule has 0 atom stereocenters. The van der Waals surface area contributed by atoms with Crippen LogP contribution < -0.4 is 0 Å². The second-order valence-corrected chi connectivity index (χ2v) is 4.85. The molecule has 0 radical (unpaired) electrons. The maximum Gasteiger partial charge on any atom is 0.153 e. The fraction of sp³-hybridized carbons (Fsp3) is 0.333. The molecule has 84 valence electrons. The van der Waals surface area contributed by atoms with E-state index >= 15 is 0 Å². The van der Waals surface area contributed by atoms with Gasteiger partial charge in [-0.3, -0.25) is 0 Å². The molecular weight excluding hydrogens is 266 g/mol. The lowest BCUT2D eigenvalue weighted by atomic mass is 10.2. The molecule has 4 heteroatoms. The second-order valence-electron chi connectivity index (χ2n) is 4.00. The van der Waals surface area contributed by atoms with E-state index in [1.165, 1.54) is 5.56 Å². The number of halogens is 1. The van der Waals surface area contributed by atoms with Gasteiger partial charge in [-0.05, 0) is 60.8 Å². The van der Waals surface area contributed by atoms with Crippen molar-refractivity contribution >= 4 is 15.9 Å². The first kappa shape index (κ1) is 11.3. The summed E-state index contributed by atoms with van der Waals surface area (Å²) in [5.41, 5.74) is 4.59. The Hall–Kier alpha value is -1.16. The van der Waals surface area contributed by atoms with Crippen LogP contribution in [0, 0.1) is 27.7 Å². The molecule has 0 saturated carbocycles. The van der Waals surface area contributed by atoms with E-state index in [9.17, 15) is 0 Å². The maximum atomic E-state index is 4.49. The number of aromatic nitrogens is 3. The molecule has 0 bridgehead atoms. The zero-order valence-electron chi connectivity index (χ0n) is 9.87. The third-order valence-electron chi connectivity index (χ3n) is 2.90. The Morgan fingerprint density at radius 1 is 1.19 bits per heavy atom. The van der Waals surface area contributed by atoms with Crippen LogP contribution in [0.5, 0.6) is 0 Å². The van der Waals surface area contributed by atoms with Crippen LogP contribution in [0.4, 0.5) is 0 Å². The molecule has 0 aliphatic carbocycles. The van der Waals surface area contributed by atoms with Gasteiger partial charge < -0.3 is 0 Å². The summed E-state index contributed by atoms with van der Waals surface area (Å²) in [6.07, 6.45) is 1.82. The Labute approximate surface area is 104 Å². The highest BCUT2D eigenvalue weighted by Gasteiger charge is 2.10. The molecule has 3 nitrogen and oxygen atoms in total. The number of hydrogen-bond donors (Lipinski definition) is 0. The van der Waals surface area contributed by atoms with Gasteiger partial charge in [0, 0.05) is 16.4 Å². The summed E-state index contributed by atoms with van der Waals surface area (Å²) >= 11 is 3.45. The zero-order valence-corrected chi connectivity index (χ0v) is 11.5. The molecule has 16 heavy (non-hydrogen) atoms. The fourth-order valence-corrected chi connectivity index (χ4v) is 1.80. The van der Waals surface area contributed by atoms with Gasteiger partial charge in [-0.15, -0.1) is 0 Å². The van der Waals surface area contributed by atoms with Crippen LogP contribution in [0.3, 0.4) is 0 Å². The van der Waals surface area contributed by atoms with E-state index in [1.807, 2.05) is 30.8 Å². The summed E-state index contributed by atoms with van der Waals surface area (Å²) in [6, 6.07) is 2.03. The van der Waals surface area contributed by atoms with E-state index in [0.717, 1.165) is 27.2 Å². The number of rotatable bonds is 1. The van der Waals surface area contributed by atoms with E-state index in [-0.39, 0.29) is 0 Å². The van der Waals surface area contributed by atoms with Gasteiger partial charge >= 0.3 is 0 Å². The lowest BCUT2D eigenvalue weighted by Gasteiger charge is -2.05. The van der Waals surface area contributed by atoms with Crippen molar-refractivity contribution in [3.8, 4) is 5.82 Å². The molecule has 2 aromatic rings. The van der Waals surface area contributed by atoms with E-state index in [4.69, 9.17) is 0 Å². The van der Waals surface area contributed by atoms with Crippen molar-refractivity contribution in [2.75, 3.05) is 0 Å². The van der Waals surface area contributed by atoms with Gasteiger partial charge in [0.15, 0.2) is 5.82 Å². The summed E-state index contributed by atoms with van der Waals surface area (Å²) in [4.78, 5) is 4.38. The molecule has 0 aliphatic rings. The van der Waals surface area contributed by atoms with Gasteiger partial charge in [0.05, 0.1) is 5.69 Å². The van der Waals surface area contributed by atoms with Crippen LogP contribution >= 0.6 is 15.9 Å². The van der Waals surface area contributed by atoms with Crippen LogP contribution in [0.1, 0.15) is 22.5 Å². The minimum Gasteiger partial charge on any atom is -0.236 e. The number of nitrogens with zero attached hydrogens (tertiary/aromatic N) is 3. The Bertz CT molecular complexity index is 543. The highest BCUT2D eigenvalue weighted by molar-refractivity contribution is 9.10. The van der Waals surface area contributed by atoms with Crippen molar-refractivity contribution in [3.05, 3.63) is 39.3 Å². The van der Waals surface area contributed by atoms with Gasteiger partial charge in [-0.2, -0.15) is 5.10 Å². The normalized spacial score (nSPS) is 10.8. The Balaban J connectivity index is 2.59. The summed E-state index contributed by atoms with van der Waals surface area (Å²) in [5.74, 6) is 0.870. The Morgan fingerprint density at radius 3 is 2.38 bits per heavy atom. The van der Waals surface area contributed by atoms with E-state index in [2.05, 4.69) is 39.9 Å². The third-order valence-corrected chi connectivity index (χ3v) is 3.73. The molecule has 0 spiro atoms. The van der Waals surface area contributed by atoms with Crippen LogP contribution in [0.2, 0.25) is 0 Å². The number of hydrogen-bond acceptors (Lipinski definition) is 2. The smallest absolute Gasteiger partial charge is 0.153 e. The second kappa shape index (κ2) is 4.01. The molecule has 0 saturated heterocycles. The molecule has 0 N–H and O–H groups in total. The quantitative estimate of drug-likeness (QED) is 0.802. The Morgan fingerprint density at radius 2 is 1.88 bits per heavy atom. The van der Waals surface area contributed by atoms with Gasteiger partial charge in [0.1, 0.15) is 0 Å². The zero-order chi connectivity index (χ0) is 11.9. The van der Waals surface area contributed by atoms with Crippen molar-refractivity contribution in [2.45, 2.75) is 27.7 Å². The van der Waals surface area contributed by atoms with Gasteiger partial charge in [-0.25, -0.2) is 9.67 Å². The fourth-order valence-electron chi connectivity index (χ4n) is 1.58. The third kappa shape index (κ3) is 1.78. The summed E-state index contributed by atoms with van der Waals surface area (Å²) < 4.78 is 2.92. The maximum absolute atomic E-state index is 4.49. The molecule has 0 aliphatic heterocycles. The highest BCUT2D eigenvalue weighted by atomic mass is 79.9. The van der Waals surface area contributed by atoms with E-state index in [0.29, 0.717) is 0 Å². The van der Waals surface area contributed by atoms with Crippen molar-refractivity contribution in [1.82, 2.24) is 14.8 Å². The summed E-state index contributed by atoms with van der Waals surface area (Å²) in [6.45, 7) is 8.21. The van der Waals surface area contributed by atoms with Crippen LogP contribution in [0.25, 0.3) is 5.82 Å². The van der Waals surface area contributed by atoms with Crippen LogP contribution in [-0.4, -0.2) is 14.8 Å². The van der Waals surface area contributed by atoms with Crippen LogP contribution in [0.15, 0.2) is 16.7 Å². The van der Waals surface area contributed by atoms with Gasteiger partial charge in [0.25, 0.3) is 0 Å². The predicted octanol–water partition coefficient (Wildman–Crippen LogP) is 3.26. The average Bonchev–Trinajstić information content (AvgIpc) is 2.50. The topological polar surface area (TPSA) is 30.7 Å². The number of pyridine rings is 1. The highest BCUT2D eigenvalue weighted by Crippen LogP contribution is 2.19. The SMILES string of the molecule is Cc1cc(-n2nc(C)c(C)c2C)ncc1Br. The van der Waals surface area contributed by atoms with Gasteiger partial charge in [-0.1, -0.05) is 0 Å². The molecule has 2 heterocycles. The first-order valence-corrected chi connectivity index (χ1v) is 5.95. The predicted molar refractivity (Wildman–Crippen MR) is 68.0 cm³/mol. The summed E-state index contributed by atoms with van der Waals surface area (Å²) in [5, 5.41) is 4.49. The lowest BCUT2D eigenvalue weighted by molar-refractivity contribution is 0.803. The van der Waals surface area contributed by atoms with E-state index < -0.39 is 0 Å². The lowest BCUT2D eigenvalue weighted by Crippen LogP contribution is -2.02. The molecule has 2 rings (SSSR count). The van der Waals surface area contributed by atoms with Crippen molar-refractivity contribution < 1.29 is 0 Å². The number of aryl methyl sites for hydroxylation is 2. The largest absolute Gasteiger partial charge is 0.236 e. The molecule has 0 amide bonds. The van der Waals surface area contributed by atoms with Gasteiger partial charge in [0.2, 0.25) is 0 Å². The molecular formula is C12H14BrN3. The standard InChI is InChI=1S/C12H14BrN3/c1-7-5-12(14-6-11(7)13)16-10(4)8(2)9(3)15-16/h5-6H,1-4H3. The minimum atomic E-state index is 0.870. The molecule has 0 fully saturated rings. The molecule has 0 aromatic carbocycles. The van der Waals surface area contributed by atoms with Crippen molar-refractivity contribution in [2.24, 2.45) is 0 Å².